The van der Waals surface area contributed by atoms with Crippen LogP contribution in [-0.4, -0.2) is 16.6 Å². The van der Waals surface area contributed by atoms with Crippen molar-refractivity contribution >= 4 is 5.69 Å². The van der Waals surface area contributed by atoms with Crippen LogP contribution in [0.5, 0.6) is 0 Å². The second-order valence-electron chi connectivity index (χ2n) is 4.61. The number of aromatic nitrogens is 1. The molecule has 1 aromatic heterocycles. The fourth-order valence-corrected chi connectivity index (χ4v) is 2.23. The average molecular weight is 256 g/mol. The van der Waals surface area contributed by atoms with Gasteiger partial charge in [-0.1, -0.05) is 18.2 Å². The Morgan fingerprint density at radius 3 is 2.63 bits per heavy atom. The molecule has 0 aliphatic carbocycles. The van der Waals surface area contributed by atoms with Crippen LogP contribution in [0.3, 0.4) is 0 Å². The van der Waals surface area contributed by atoms with Crippen LogP contribution in [0.15, 0.2) is 42.6 Å². The zero-order valence-electron chi connectivity index (χ0n) is 11.5. The van der Waals surface area contributed by atoms with E-state index < -0.39 is 0 Å². The third-order valence-electron chi connectivity index (χ3n) is 3.25. The first-order valence-electron chi connectivity index (χ1n) is 6.60. The maximum Gasteiger partial charge on any atom is 0.0681 e. The van der Waals surface area contributed by atoms with E-state index in [9.17, 15) is 0 Å². The molecule has 1 heterocycles. The lowest BCUT2D eigenvalue weighted by Crippen LogP contribution is -2.23. The highest BCUT2D eigenvalue weighted by atomic mass is 16.3. The summed E-state index contributed by atoms with van der Waals surface area (Å²) in [5.74, 6) is 0. The first-order valence-corrected chi connectivity index (χ1v) is 6.60. The van der Waals surface area contributed by atoms with E-state index in [0.29, 0.717) is 0 Å². The first kappa shape index (κ1) is 13.6. The number of hydrogen-bond acceptors (Lipinski definition) is 3. The fourth-order valence-electron chi connectivity index (χ4n) is 2.23. The van der Waals surface area contributed by atoms with Gasteiger partial charge in [-0.15, -0.1) is 0 Å². The number of aliphatic hydroxyl groups excluding tert-OH is 1. The lowest BCUT2D eigenvalue weighted by Gasteiger charge is -2.25. The summed E-state index contributed by atoms with van der Waals surface area (Å²) in [4.78, 5) is 6.66. The third-order valence-corrected chi connectivity index (χ3v) is 3.25. The standard InChI is InChI=1S/C16H20N2O/c1-3-18(11-15-6-4-5-9-17-15)16-8-7-14(12-19)10-13(16)2/h4-10,19H,3,11-12H2,1-2H3. The first-order chi connectivity index (χ1) is 9.24. The highest BCUT2D eigenvalue weighted by molar-refractivity contribution is 5.54. The summed E-state index contributed by atoms with van der Waals surface area (Å²) < 4.78 is 0. The number of benzene rings is 1. The van der Waals surface area contributed by atoms with Crippen LogP contribution in [0.2, 0.25) is 0 Å². The van der Waals surface area contributed by atoms with Crippen LogP contribution in [0.1, 0.15) is 23.7 Å². The molecule has 1 aromatic carbocycles. The van der Waals surface area contributed by atoms with Crippen LogP contribution in [0.25, 0.3) is 0 Å². The van der Waals surface area contributed by atoms with Crippen molar-refractivity contribution in [2.45, 2.75) is 27.0 Å². The predicted octanol–water partition coefficient (Wildman–Crippen LogP) is 2.91. The Labute approximate surface area is 114 Å². The minimum absolute atomic E-state index is 0.0908. The normalized spacial score (nSPS) is 10.5. The largest absolute Gasteiger partial charge is 0.392 e. The zero-order chi connectivity index (χ0) is 13.7. The molecule has 0 aliphatic rings. The van der Waals surface area contributed by atoms with E-state index in [-0.39, 0.29) is 6.61 Å². The van der Waals surface area contributed by atoms with Gasteiger partial charge in [0, 0.05) is 18.4 Å². The van der Waals surface area contributed by atoms with Gasteiger partial charge in [-0.3, -0.25) is 4.98 Å². The highest BCUT2D eigenvalue weighted by Gasteiger charge is 2.09. The summed E-state index contributed by atoms with van der Waals surface area (Å²) in [5, 5.41) is 9.16. The van der Waals surface area contributed by atoms with Crippen molar-refractivity contribution < 1.29 is 5.11 Å². The number of rotatable bonds is 5. The molecule has 1 N–H and O–H groups in total. The van der Waals surface area contributed by atoms with E-state index in [1.165, 1.54) is 11.3 Å². The highest BCUT2D eigenvalue weighted by Crippen LogP contribution is 2.22. The molecule has 0 aliphatic heterocycles. The Kier molecular flexibility index (Phi) is 4.53. The summed E-state index contributed by atoms with van der Waals surface area (Å²) in [6.07, 6.45) is 1.82. The molecule has 0 spiro atoms. The molecule has 19 heavy (non-hydrogen) atoms. The number of aliphatic hydroxyl groups is 1. The molecule has 0 amide bonds. The predicted molar refractivity (Wildman–Crippen MR) is 78.1 cm³/mol. The molecule has 0 fully saturated rings. The molecule has 100 valence electrons. The van der Waals surface area contributed by atoms with E-state index in [1.807, 2.05) is 36.5 Å². The van der Waals surface area contributed by atoms with Crippen LogP contribution in [-0.2, 0) is 13.2 Å². The molecular weight excluding hydrogens is 236 g/mol. The molecular formula is C16H20N2O. The van der Waals surface area contributed by atoms with Crippen molar-refractivity contribution in [2.24, 2.45) is 0 Å². The molecule has 3 nitrogen and oxygen atoms in total. The fraction of sp³-hybridized carbons (Fsp3) is 0.312. The lowest BCUT2D eigenvalue weighted by atomic mass is 10.1. The van der Waals surface area contributed by atoms with Gasteiger partial charge >= 0.3 is 0 Å². The SMILES string of the molecule is CCN(Cc1ccccn1)c1ccc(CO)cc1C. The average Bonchev–Trinajstić information content (AvgIpc) is 2.46. The molecule has 0 saturated carbocycles. The van der Waals surface area contributed by atoms with Crippen LogP contribution >= 0.6 is 0 Å². The van der Waals surface area contributed by atoms with E-state index in [4.69, 9.17) is 5.11 Å². The van der Waals surface area contributed by atoms with Crippen molar-refractivity contribution in [2.75, 3.05) is 11.4 Å². The van der Waals surface area contributed by atoms with Crippen LogP contribution < -0.4 is 4.90 Å². The van der Waals surface area contributed by atoms with Gasteiger partial charge in [-0.05, 0) is 43.2 Å². The van der Waals surface area contributed by atoms with Gasteiger partial charge in [-0.2, -0.15) is 0 Å². The van der Waals surface area contributed by atoms with Gasteiger partial charge < -0.3 is 10.0 Å². The molecule has 0 unspecified atom stereocenters. The molecule has 0 bridgehead atoms. The van der Waals surface area contributed by atoms with Crippen molar-refractivity contribution in [1.29, 1.82) is 0 Å². The maximum atomic E-state index is 9.16. The second kappa shape index (κ2) is 6.34. The van der Waals surface area contributed by atoms with Gasteiger partial charge in [-0.25, -0.2) is 0 Å². The number of nitrogens with zero attached hydrogens (tertiary/aromatic N) is 2. The van der Waals surface area contributed by atoms with Crippen molar-refractivity contribution in [3.63, 3.8) is 0 Å². The Bertz CT molecular complexity index is 526. The quantitative estimate of drug-likeness (QED) is 0.893. The summed E-state index contributed by atoms with van der Waals surface area (Å²) in [7, 11) is 0. The van der Waals surface area contributed by atoms with Gasteiger partial charge in [0.1, 0.15) is 0 Å². The van der Waals surface area contributed by atoms with E-state index in [0.717, 1.165) is 24.3 Å². The smallest absolute Gasteiger partial charge is 0.0681 e. The van der Waals surface area contributed by atoms with Crippen LogP contribution in [0.4, 0.5) is 5.69 Å². The monoisotopic (exact) mass is 256 g/mol. The third kappa shape index (κ3) is 3.32. The second-order valence-corrected chi connectivity index (χ2v) is 4.61. The maximum absolute atomic E-state index is 9.16. The Morgan fingerprint density at radius 2 is 2.05 bits per heavy atom. The minimum Gasteiger partial charge on any atom is -0.392 e. The summed E-state index contributed by atoms with van der Waals surface area (Å²) in [6.45, 7) is 6.04. The van der Waals surface area contributed by atoms with Gasteiger partial charge in [0.25, 0.3) is 0 Å². The molecule has 2 rings (SSSR count). The summed E-state index contributed by atoms with van der Waals surface area (Å²) in [5.41, 5.74) is 4.40. The van der Waals surface area contributed by atoms with Gasteiger partial charge in [0.15, 0.2) is 0 Å². The molecule has 2 aromatic rings. The van der Waals surface area contributed by atoms with E-state index in [1.54, 1.807) is 0 Å². The van der Waals surface area contributed by atoms with Crippen molar-refractivity contribution in [3.8, 4) is 0 Å². The molecule has 0 radical (unpaired) electrons. The molecule has 0 saturated heterocycles. The van der Waals surface area contributed by atoms with E-state index >= 15 is 0 Å². The van der Waals surface area contributed by atoms with Crippen molar-refractivity contribution in [1.82, 2.24) is 4.98 Å². The molecule has 3 heteroatoms. The van der Waals surface area contributed by atoms with Gasteiger partial charge in [0.2, 0.25) is 0 Å². The van der Waals surface area contributed by atoms with Crippen LogP contribution in [0, 0.1) is 6.92 Å². The number of anilines is 1. The van der Waals surface area contributed by atoms with E-state index in [2.05, 4.69) is 29.8 Å². The summed E-state index contributed by atoms with van der Waals surface area (Å²) in [6, 6.07) is 12.1. The summed E-state index contributed by atoms with van der Waals surface area (Å²) >= 11 is 0. The Hall–Kier alpha value is -1.87. The topological polar surface area (TPSA) is 36.4 Å². The number of hydrogen-bond donors (Lipinski definition) is 1. The van der Waals surface area contributed by atoms with Gasteiger partial charge in [0.05, 0.1) is 18.8 Å². The number of pyridine rings is 1. The molecule has 0 atom stereocenters. The lowest BCUT2D eigenvalue weighted by molar-refractivity contribution is 0.282. The minimum atomic E-state index is 0.0908. The van der Waals surface area contributed by atoms with Crippen molar-refractivity contribution in [3.05, 3.63) is 59.4 Å². The Balaban J connectivity index is 2.22. The number of aryl methyl sites for hydroxylation is 1. The zero-order valence-corrected chi connectivity index (χ0v) is 11.5. The Morgan fingerprint density at radius 1 is 1.21 bits per heavy atom.